The second-order valence-electron chi connectivity index (χ2n) is 3.74. The van der Waals surface area contributed by atoms with Crippen molar-refractivity contribution >= 4 is 17.3 Å². The quantitative estimate of drug-likeness (QED) is 0.752. The molecule has 0 saturated heterocycles. The van der Waals surface area contributed by atoms with Crippen molar-refractivity contribution in [1.82, 2.24) is 5.32 Å². The van der Waals surface area contributed by atoms with Crippen LogP contribution in [0.5, 0.6) is 0 Å². The Hall–Kier alpha value is -1.71. The van der Waals surface area contributed by atoms with E-state index in [4.69, 9.17) is 5.73 Å². The van der Waals surface area contributed by atoms with Crippen molar-refractivity contribution in [2.24, 2.45) is 0 Å². The Labute approximate surface area is 96.4 Å². The number of nitrogen functional groups attached to an aromatic ring is 1. The van der Waals surface area contributed by atoms with E-state index in [1.54, 1.807) is 0 Å². The van der Waals surface area contributed by atoms with E-state index in [1.807, 2.05) is 50.1 Å². The SMILES string of the molecule is CCNC(=O)C(C)N(C)c1ccccc1N. The van der Waals surface area contributed by atoms with Gasteiger partial charge in [-0.05, 0) is 26.0 Å². The molecule has 0 aliphatic heterocycles. The third kappa shape index (κ3) is 2.66. The standard InChI is InChI=1S/C12H19N3O/c1-4-14-12(16)9(2)15(3)11-8-6-5-7-10(11)13/h5-9H,4,13H2,1-3H3,(H,14,16). The predicted molar refractivity (Wildman–Crippen MR) is 67.4 cm³/mol. The molecule has 1 atom stereocenters. The van der Waals surface area contributed by atoms with Crippen LogP contribution in [0.2, 0.25) is 0 Å². The zero-order valence-electron chi connectivity index (χ0n) is 10.0. The lowest BCUT2D eigenvalue weighted by atomic mass is 10.2. The highest BCUT2D eigenvalue weighted by molar-refractivity contribution is 5.86. The minimum Gasteiger partial charge on any atom is -0.397 e. The van der Waals surface area contributed by atoms with Crippen molar-refractivity contribution in [2.45, 2.75) is 19.9 Å². The van der Waals surface area contributed by atoms with Gasteiger partial charge >= 0.3 is 0 Å². The number of para-hydroxylation sites is 2. The smallest absolute Gasteiger partial charge is 0.242 e. The summed E-state index contributed by atoms with van der Waals surface area (Å²) in [5, 5.41) is 2.79. The summed E-state index contributed by atoms with van der Waals surface area (Å²) < 4.78 is 0. The number of likely N-dealkylation sites (N-methyl/N-ethyl adjacent to an activating group) is 2. The number of nitrogens with two attached hydrogens (primary N) is 1. The topological polar surface area (TPSA) is 58.4 Å². The van der Waals surface area contributed by atoms with Crippen LogP contribution in [0, 0.1) is 0 Å². The molecule has 0 radical (unpaired) electrons. The number of nitrogens with one attached hydrogen (secondary N) is 1. The monoisotopic (exact) mass is 221 g/mol. The van der Waals surface area contributed by atoms with Crippen molar-refractivity contribution < 1.29 is 4.79 Å². The zero-order chi connectivity index (χ0) is 12.1. The second kappa shape index (κ2) is 5.39. The van der Waals surface area contributed by atoms with E-state index in [9.17, 15) is 4.79 Å². The van der Waals surface area contributed by atoms with Crippen LogP contribution in [0.1, 0.15) is 13.8 Å². The van der Waals surface area contributed by atoms with Gasteiger partial charge in [-0.3, -0.25) is 4.79 Å². The molecule has 0 spiro atoms. The molecule has 16 heavy (non-hydrogen) atoms. The van der Waals surface area contributed by atoms with Gasteiger partial charge in [0.25, 0.3) is 0 Å². The van der Waals surface area contributed by atoms with Crippen LogP contribution in [0.15, 0.2) is 24.3 Å². The van der Waals surface area contributed by atoms with Gasteiger partial charge in [-0.15, -0.1) is 0 Å². The molecular formula is C12H19N3O. The normalized spacial score (nSPS) is 11.9. The summed E-state index contributed by atoms with van der Waals surface area (Å²) >= 11 is 0. The van der Waals surface area contributed by atoms with Gasteiger partial charge < -0.3 is 16.0 Å². The molecule has 0 fully saturated rings. The number of amides is 1. The fourth-order valence-electron chi connectivity index (χ4n) is 1.52. The van der Waals surface area contributed by atoms with Crippen molar-refractivity contribution in [1.29, 1.82) is 0 Å². The summed E-state index contributed by atoms with van der Waals surface area (Å²) in [4.78, 5) is 13.6. The van der Waals surface area contributed by atoms with Gasteiger partial charge in [0.1, 0.15) is 6.04 Å². The van der Waals surface area contributed by atoms with Crippen LogP contribution >= 0.6 is 0 Å². The molecule has 0 heterocycles. The molecule has 1 aromatic carbocycles. The molecule has 4 heteroatoms. The van der Waals surface area contributed by atoms with Gasteiger partial charge in [-0.2, -0.15) is 0 Å². The number of carbonyl (C=O) groups excluding carboxylic acids is 1. The van der Waals surface area contributed by atoms with Gasteiger partial charge in [-0.1, -0.05) is 12.1 Å². The molecule has 0 aliphatic rings. The maximum absolute atomic E-state index is 11.7. The molecule has 0 aromatic heterocycles. The summed E-state index contributed by atoms with van der Waals surface area (Å²) in [7, 11) is 1.87. The average Bonchev–Trinajstić information content (AvgIpc) is 2.28. The van der Waals surface area contributed by atoms with Crippen LogP contribution in [-0.4, -0.2) is 25.5 Å². The third-order valence-corrected chi connectivity index (χ3v) is 2.63. The summed E-state index contributed by atoms with van der Waals surface area (Å²) in [5.74, 6) is 0.00764. The van der Waals surface area contributed by atoms with E-state index in [0.29, 0.717) is 12.2 Å². The molecule has 1 unspecified atom stereocenters. The van der Waals surface area contributed by atoms with Crippen LogP contribution in [-0.2, 0) is 4.79 Å². The fraction of sp³-hybridized carbons (Fsp3) is 0.417. The molecule has 0 saturated carbocycles. The number of carbonyl (C=O) groups is 1. The highest BCUT2D eigenvalue weighted by atomic mass is 16.2. The van der Waals surface area contributed by atoms with E-state index in [-0.39, 0.29) is 11.9 Å². The highest BCUT2D eigenvalue weighted by Gasteiger charge is 2.18. The van der Waals surface area contributed by atoms with Crippen molar-refractivity contribution in [3.05, 3.63) is 24.3 Å². The first-order chi connectivity index (χ1) is 7.57. The summed E-state index contributed by atoms with van der Waals surface area (Å²) in [6, 6.07) is 7.29. The minimum atomic E-state index is -0.232. The summed E-state index contributed by atoms with van der Waals surface area (Å²) in [5.41, 5.74) is 7.42. The molecular weight excluding hydrogens is 202 g/mol. The predicted octanol–water partition coefficient (Wildman–Crippen LogP) is 1.23. The van der Waals surface area contributed by atoms with Crippen molar-refractivity contribution in [3.8, 4) is 0 Å². The van der Waals surface area contributed by atoms with Gasteiger partial charge in [0.2, 0.25) is 5.91 Å². The molecule has 0 bridgehead atoms. The first kappa shape index (κ1) is 12.4. The number of hydrogen-bond acceptors (Lipinski definition) is 3. The molecule has 3 N–H and O–H groups in total. The van der Waals surface area contributed by atoms with Crippen molar-refractivity contribution in [2.75, 3.05) is 24.2 Å². The maximum Gasteiger partial charge on any atom is 0.242 e. The van der Waals surface area contributed by atoms with Crippen LogP contribution in [0.25, 0.3) is 0 Å². The number of nitrogens with zero attached hydrogens (tertiary/aromatic N) is 1. The van der Waals surface area contributed by atoms with Crippen LogP contribution in [0.3, 0.4) is 0 Å². The van der Waals surface area contributed by atoms with E-state index in [2.05, 4.69) is 5.32 Å². The lowest BCUT2D eigenvalue weighted by Gasteiger charge is -2.27. The Morgan fingerprint density at radius 2 is 2.12 bits per heavy atom. The Kier molecular flexibility index (Phi) is 4.17. The number of anilines is 2. The Morgan fingerprint density at radius 3 is 2.69 bits per heavy atom. The zero-order valence-corrected chi connectivity index (χ0v) is 10.0. The average molecular weight is 221 g/mol. The summed E-state index contributed by atoms with van der Waals surface area (Å²) in [6.45, 7) is 4.40. The number of rotatable bonds is 4. The highest BCUT2D eigenvalue weighted by Crippen LogP contribution is 2.22. The van der Waals surface area contributed by atoms with Gasteiger partial charge in [0.15, 0.2) is 0 Å². The number of benzene rings is 1. The Bertz CT molecular complexity index is 365. The summed E-state index contributed by atoms with van der Waals surface area (Å²) in [6.07, 6.45) is 0. The first-order valence-electron chi connectivity index (χ1n) is 5.43. The lowest BCUT2D eigenvalue weighted by molar-refractivity contribution is -0.121. The molecule has 1 rings (SSSR count). The van der Waals surface area contributed by atoms with E-state index in [1.165, 1.54) is 0 Å². The largest absolute Gasteiger partial charge is 0.397 e. The fourth-order valence-corrected chi connectivity index (χ4v) is 1.52. The van der Waals surface area contributed by atoms with Crippen molar-refractivity contribution in [3.63, 3.8) is 0 Å². The molecule has 88 valence electrons. The third-order valence-electron chi connectivity index (χ3n) is 2.63. The van der Waals surface area contributed by atoms with Crippen LogP contribution in [0.4, 0.5) is 11.4 Å². The lowest BCUT2D eigenvalue weighted by Crippen LogP contribution is -2.43. The maximum atomic E-state index is 11.7. The van der Waals surface area contributed by atoms with E-state index < -0.39 is 0 Å². The van der Waals surface area contributed by atoms with E-state index >= 15 is 0 Å². The van der Waals surface area contributed by atoms with Crippen LogP contribution < -0.4 is 16.0 Å². The molecule has 1 amide bonds. The minimum absolute atomic E-state index is 0.00764. The number of hydrogen-bond donors (Lipinski definition) is 2. The molecule has 1 aromatic rings. The van der Waals surface area contributed by atoms with Gasteiger partial charge in [0.05, 0.1) is 11.4 Å². The molecule has 0 aliphatic carbocycles. The molecule has 4 nitrogen and oxygen atoms in total. The van der Waals surface area contributed by atoms with E-state index in [0.717, 1.165) is 5.69 Å². The van der Waals surface area contributed by atoms with Gasteiger partial charge in [-0.25, -0.2) is 0 Å². The van der Waals surface area contributed by atoms with Gasteiger partial charge in [0, 0.05) is 13.6 Å². The Morgan fingerprint density at radius 1 is 1.50 bits per heavy atom. The Balaban J connectivity index is 2.82. The second-order valence-corrected chi connectivity index (χ2v) is 3.74. The first-order valence-corrected chi connectivity index (χ1v) is 5.43.